The number of aromatic nitrogens is 3. The summed E-state index contributed by atoms with van der Waals surface area (Å²) in [5.41, 5.74) is 6.45. The van der Waals surface area contributed by atoms with E-state index < -0.39 is 10.0 Å². The van der Waals surface area contributed by atoms with Crippen molar-refractivity contribution in [1.82, 2.24) is 14.5 Å². The first-order chi connectivity index (χ1) is 16.4. The summed E-state index contributed by atoms with van der Waals surface area (Å²) in [5, 5.41) is 0. The van der Waals surface area contributed by atoms with Gasteiger partial charge in [-0.2, -0.15) is 0 Å². The van der Waals surface area contributed by atoms with Crippen LogP contribution in [0.1, 0.15) is 11.4 Å². The topological polar surface area (TPSA) is 89.4 Å². The fourth-order valence-electron chi connectivity index (χ4n) is 4.28. The summed E-state index contributed by atoms with van der Waals surface area (Å²) < 4.78 is 33.3. The minimum atomic E-state index is -3.36. The summed E-state index contributed by atoms with van der Waals surface area (Å²) in [6.07, 6.45) is 5.62. The molecule has 8 nitrogen and oxygen atoms in total. The molecule has 3 heterocycles. The second kappa shape index (κ2) is 9.08. The summed E-state index contributed by atoms with van der Waals surface area (Å²) in [6.45, 7) is 3.36. The third-order valence-electron chi connectivity index (χ3n) is 5.93. The van der Waals surface area contributed by atoms with Crippen LogP contribution in [0.25, 0.3) is 22.2 Å². The second-order valence-electron chi connectivity index (χ2n) is 8.57. The normalized spacial score (nSPS) is 14.5. The molecule has 0 aliphatic carbocycles. The molecule has 1 N–H and O–H groups in total. The van der Waals surface area contributed by atoms with Gasteiger partial charge in [-0.3, -0.25) is 4.72 Å². The minimum Gasteiger partial charge on any atom is -0.378 e. The van der Waals surface area contributed by atoms with Crippen molar-refractivity contribution in [2.45, 2.75) is 6.42 Å². The van der Waals surface area contributed by atoms with Crippen molar-refractivity contribution in [1.29, 1.82) is 0 Å². The number of aryl methyl sites for hydroxylation is 1. The number of hydrogen-bond acceptors (Lipinski definition) is 6. The van der Waals surface area contributed by atoms with E-state index in [0.717, 1.165) is 66.1 Å². The number of ether oxygens (including phenoxy) is 1. The van der Waals surface area contributed by atoms with Crippen molar-refractivity contribution in [3.05, 3.63) is 72.3 Å². The third kappa shape index (κ3) is 4.90. The lowest BCUT2D eigenvalue weighted by molar-refractivity contribution is 0.122. The molecule has 2 aromatic carbocycles. The molecule has 1 saturated heterocycles. The quantitative estimate of drug-likeness (QED) is 0.458. The highest BCUT2D eigenvalue weighted by atomic mass is 32.2. The molecule has 1 aliphatic rings. The summed E-state index contributed by atoms with van der Waals surface area (Å²) in [6, 6.07) is 15.9. The number of sulfonamides is 1. The Hall–Kier alpha value is -3.43. The van der Waals surface area contributed by atoms with E-state index in [2.05, 4.69) is 38.9 Å². The largest absolute Gasteiger partial charge is 0.378 e. The Morgan fingerprint density at radius 1 is 1.09 bits per heavy atom. The van der Waals surface area contributed by atoms with Gasteiger partial charge < -0.3 is 14.2 Å². The third-order valence-corrected chi connectivity index (χ3v) is 6.54. The maximum absolute atomic E-state index is 11.7. The van der Waals surface area contributed by atoms with E-state index in [-0.39, 0.29) is 0 Å². The SMILES string of the molecule is Cn1cc(-c2cccc(NS(C)(=O)=O)c2)c2nc(Cc3ccc(N4CCOCC4)cc3)ncc21. The monoisotopic (exact) mass is 477 g/mol. The van der Waals surface area contributed by atoms with E-state index >= 15 is 0 Å². The van der Waals surface area contributed by atoms with Crippen LogP contribution in [0.3, 0.4) is 0 Å². The van der Waals surface area contributed by atoms with Crippen LogP contribution < -0.4 is 9.62 Å². The zero-order valence-corrected chi connectivity index (χ0v) is 20.0. The smallest absolute Gasteiger partial charge is 0.229 e. The van der Waals surface area contributed by atoms with Crippen molar-refractivity contribution in [3.63, 3.8) is 0 Å². The average Bonchev–Trinajstić information content (AvgIpc) is 3.15. The summed E-state index contributed by atoms with van der Waals surface area (Å²) in [7, 11) is -1.40. The number of morpholine rings is 1. The number of hydrogen-bond donors (Lipinski definition) is 1. The number of rotatable bonds is 6. The first kappa shape index (κ1) is 22.4. The van der Waals surface area contributed by atoms with Gasteiger partial charge in [0, 0.05) is 49.7 Å². The van der Waals surface area contributed by atoms with Crippen molar-refractivity contribution < 1.29 is 13.2 Å². The van der Waals surface area contributed by atoms with E-state index in [1.54, 1.807) is 6.07 Å². The fourth-order valence-corrected chi connectivity index (χ4v) is 4.84. The van der Waals surface area contributed by atoms with Gasteiger partial charge in [-0.15, -0.1) is 0 Å². The Labute approximate surface area is 199 Å². The Morgan fingerprint density at radius 3 is 2.59 bits per heavy atom. The highest BCUT2D eigenvalue weighted by Gasteiger charge is 2.14. The van der Waals surface area contributed by atoms with Crippen molar-refractivity contribution in [3.8, 4) is 11.1 Å². The molecule has 9 heteroatoms. The number of benzene rings is 2. The molecule has 1 fully saturated rings. The molecular weight excluding hydrogens is 450 g/mol. The van der Waals surface area contributed by atoms with Gasteiger partial charge in [0.05, 0.1) is 36.7 Å². The Morgan fingerprint density at radius 2 is 1.85 bits per heavy atom. The molecule has 0 atom stereocenters. The summed E-state index contributed by atoms with van der Waals surface area (Å²) >= 11 is 0. The van der Waals surface area contributed by atoms with Gasteiger partial charge in [-0.05, 0) is 35.4 Å². The molecule has 0 radical (unpaired) electrons. The summed E-state index contributed by atoms with van der Waals surface area (Å²) in [4.78, 5) is 11.8. The molecule has 2 aromatic heterocycles. The Kier molecular flexibility index (Phi) is 5.97. The van der Waals surface area contributed by atoms with Gasteiger partial charge in [0.15, 0.2) is 0 Å². The number of anilines is 2. The molecule has 0 saturated carbocycles. The van der Waals surface area contributed by atoms with E-state index in [9.17, 15) is 8.42 Å². The van der Waals surface area contributed by atoms with Crippen LogP contribution in [-0.4, -0.2) is 55.5 Å². The number of nitrogens with one attached hydrogen (secondary N) is 1. The van der Waals surface area contributed by atoms with Crippen molar-refractivity contribution in [2.24, 2.45) is 7.05 Å². The van der Waals surface area contributed by atoms with Gasteiger partial charge in [0.1, 0.15) is 5.82 Å². The molecule has 34 heavy (non-hydrogen) atoms. The van der Waals surface area contributed by atoms with Crippen LogP contribution >= 0.6 is 0 Å². The predicted molar refractivity (Wildman–Crippen MR) is 135 cm³/mol. The molecule has 5 rings (SSSR count). The molecule has 176 valence electrons. The second-order valence-corrected chi connectivity index (χ2v) is 10.3. The van der Waals surface area contributed by atoms with E-state index in [1.165, 1.54) is 5.69 Å². The number of nitrogens with zero attached hydrogens (tertiary/aromatic N) is 4. The molecule has 0 amide bonds. The lowest BCUT2D eigenvalue weighted by atomic mass is 10.1. The summed E-state index contributed by atoms with van der Waals surface area (Å²) in [5.74, 6) is 0.740. The van der Waals surface area contributed by atoms with E-state index in [4.69, 9.17) is 9.72 Å². The van der Waals surface area contributed by atoms with Crippen molar-refractivity contribution in [2.75, 3.05) is 42.2 Å². The van der Waals surface area contributed by atoms with Crippen LogP contribution in [0, 0.1) is 0 Å². The zero-order chi connectivity index (χ0) is 23.7. The molecule has 1 aliphatic heterocycles. The van der Waals surface area contributed by atoms with Crippen molar-refractivity contribution >= 4 is 32.4 Å². The molecule has 0 spiro atoms. The molecule has 4 aromatic rings. The number of fused-ring (bicyclic) bond motifs is 1. The average molecular weight is 478 g/mol. The predicted octanol–water partition coefficient (Wildman–Crippen LogP) is 3.43. The van der Waals surface area contributed by atoms with Gasteiger partial charge >= 0.3 is 0 Å². The molecule has 0 bridgehead atoms. The first-order valence-electron chi connectivity index (χ1n) is 11.2. The van der Waals surface area contributed by atoms with Gasteiger partial charge in [0.25, 0.3) is 0 Å². The maximum Gasteiger partial charge on any atom is 0.229 e. The Bertz CT molecular complexity index is 1420. The van der Waals surface area contributed by atoms with E-state index in [1.807, 2.05) is 42.2 Å². The van der Waals surface area contributed by atoms with E-state index in [0.29, 0.717) is 12.1 Å². The van der Waals surface area contributed by atoms with Crippen LogP contribution in [0.15, 0.2) is 60.9 Å². The lowest BCUT2D eigenvalue weighted by Gasteiger charge is -2.28. The lowest BCUT2D eigenvalue weighted by Crippen LogP contribution is -2.36. The van der Waals surface area contributed by atoms with Crippen LogP contribution in [-0.2, 0) is 28.2 Å². The fraction of sp³-hybridized carbons (Fsp3) is 0.280. The van der Waals surface area contributed by atoms with Crippen LogP contribution in [0.5, 0.6) is 0 Å². The highest BCUT2D eigenvalue weighted by molar-refractivity contribution is 7.92. The Balaban J connectivity index is 1.42. The first-order valence-corrected chi connectivity index (χ1v) is 13.1. The molecular formula is C25H27N5O3S. The van der Waals surface area contributed by atoms with Crippen LogP contribution in [0.4, 0.5) is 11.4 Å². The molecule has 0 unspecified atom stereocenters. The van der Waals surface area contributed by atoms with Gasteiger partial charge in [-0.1, -0.05) is 24.3 Å². The van der Waals surface area contributed by atoms with Crippen LogP contribution in [0.2, 0.25) is 0 Å². The van der Waals surface area contributed by atoms with Gasteiger partial charge in [0.2, 0.25) is 10.0 Å². The van der Waals surface area contributed by atoms with Gasteiger partial charge in [-0.25, -0.2) is 18.4 Å². The highest BCUT2D eigenvalue weighted by Crippen LogP contribution is 2.30. The standard InChI is InChI=1S/C25H27N5O3S/c1-29-17-22(19-4-3-5-20(15-19)28-34(2,31)32)25-23(29)16-26-24(27-25)14-18-6-8-21(9-7-18)30-10-12-33-13-11-30/h3-9,15-17,28H,10-14H2,1-2H3. The minimum absolute atomic E-state index is 0.520. The zero-order valence-electron chi connectivity index (χ0n) is 19.2. The maximum atomic E-state index is 11.7.